The van der Waals surface area contributed by atoms with Crippen molar-refractivity contribution in [3.8, 4) is 27.6 Å². The monoisotopic (exact) mass is 486 g/mol. The summed E-state index contributed by atoms with van der Waals surface area (Å²) in [6.45, 7) is 0. The van der Waals surface area contributed by atoms with Crippen LogP contribution in [0.1, 0.15) is 10.5 Å². The van der Waals surface area contributed by atoms with Crippen molar-refractivity contribution in [2.75, 3.05) is 23.4 Å². The van der Waals surface area contributed by atoms with E-state index in [2.05, 4.69) is 20.0 Å². The van der Waals surface area contributed by atoms with Gasteiger partial charge in [-0.15, -0.1) is 22.7 Å². The van der Waals surface area contributed by atoms with Gasteiger partial charge in [-0.1, -0.05) is 24.3 Å². The van der Waals surface area contributed by atoms with Crippen molar-refractivity contribution < 1.29 is 17.9 Å². The molecule has 0 aliphatic carbocycles. The Morgan fingerprint density at radius 1 is 1.00 bits per heavy atom. The van der Waals surface area contributed by atoms with Gasteiger partial charge in [-0.25, -0.2) is 18.4 Å². The molecule has 2 N–H and O–H groups in total. The smallest absolute Gasteiger partial charge is 0.276 e. The van der Waals surface area contributed by atoms with Crippen molar-refractivity contribution in [2.24, 2.45) is 0 Å². The third-order valence-corrected chi connectivity index (χ3v) is 6.52. The minimum Gasteiger partial charge on any atom is -0.496 e. The SMILES string of the molecule is COc1ccccc1-c1nc(C(=O)Nc2nc(-c3ccc(NS(C)(=O)=O)cc3)cs2)cs1. The van der Waals surface area contributed by atoms with Gasteiger partial charge in [0.2, 0.25) is 10.0 Å². The molecule has 0 atom stereocenters. The Kier molecular flexibility index (Phi) is 6.21. The van der Waals surface area contributed by atoms with E-state index in [9.17, 15) is 13.2 Å². The van der Waals surface area contributed by atoms with Gasteiger partial charge in [-0.2, -0.15) is 0 Å². The lowest BCUT2D eigenvalue weighted by molar-refractivity contribution is 0.102. The third-order valence-electron chi connectivity index (χ3n) is 4.28. The van der Waals surface area contributed by atoms with Crippen LogP contribution < -0.4 is 14.8 Å². The molecule has 4 aromatic rings. The molecule has 164 valence electrons. The molecule has 2 heterocycles. The van der Waals surface area contributed by atoms with E-state index in [-0.39, 0.29) is 5.91 Å². The largest absolute Gasteiger partial charge is 0.496 e. The van der Waals surface area contributed by atoms with Crippen LogP contribution in [-0.2, 0) is 10.0 Å². The zero-order chi connectivity index (χ0) is 22.7. The maximum absolute atomic E-state index is 12.6. The Hall–Kier alpha value is -3.28. The van der Waals surface area contributed by atoms with Gasteiger partial charge in [-0.3, -0.25) is 14.8 Å². The van der Waals surface area contributed by atoms with E-state index in [4.69, 9.17) is 4.74 Å². The molecule has 32 heavy (non-hydrogen) atoms. The number of hydrogen-bond acceptors (Lipinski definition) is 8. The zero-order valence-electron chi connectivity index (χ0n) is 17.0. The summed E-state index contributed by atoms with van der Waals surface area (Å²) in [5, 5.41) is 7.41. The number of nitrogens with zero attached hydrogens (tertiary/aromatic N) is 2. The van der Waals surface area contributed by atoms with Crippen LogP contribution in [0.4, 0.5) is 10.8 Å². The van der Waals surface area contributed by atoms with E-state index >= 15 is 0 Å². The van der Waals surface area contributed by atoms with Crippen LogP contribution in [0, 0.1) is 0 Å². The molecule has 0 aliphatic heterocycles. The van der Waals surface area contributed by atoms with Crippen molar-refractivity contribution in [3.63, 3.8) is 0 Å². The molecular formula is C21H18N4O4S3. The topological polar surface area (TPSA) is 110 Å². The van der Waals surface area contributed by atoms with Gasteiger partial charge in [0, 0.05) is 22.0 Å². The number of aromatic nitrogens is 2. The van der Waals surface area contributed by atoms with Gasteiger partial charge in [0.15, 0.2) is 5.13 Å². The van der Waals surface area contributed by atoms with Gasteiger partial charge in [0.25, 0.3) is 5.91 Å². The van der Waals surface area contributed by atoms with E-state index in [0.29, 0.717) is 33.0 Å². The molecule has 0 spiro atoms. The fraction of sp³-hybridized carbons (Fsp3) is 0.0952. The average Bonchev–Trinajstić information content (AvgIpc) is 3.43. The number of hydrogen-bond donors (Lipinski definition) is 2. The minimum atomic E-state index is -3.33. The number of para-hydroxylation sites is 1. The van der Waals surface area contributed by atoms with Crippen LogP contribution in [0.2, 0.25) is 0 Å². The molecule has 0 unspecified atom stereocenters. The molecule has 0 aliphatic rings. The second-order valence-corrected chi connectivity index (χ2v) is 10.1. The summed E-state index contributed by atoms with van der Waals surface area (Å²) in [6, 6.07) is 14.3. The number of anilines is 2. The molecule has 0 radical (unpaired) electrons. The number of carbonyl (C=O) groups excluding carboxylic acids is 1. The van der Waals surface area contributed by atoms with Crippen molar-refractivity contribution in [3.05, 3.63) is 65.0 Å². The Morgan fingerprint density at radius 3 is 2.47 bits per heavy atom. The van der Waals surface area contributed by atoms with Crippen molar-refractivity contribution in [1.29, 1.82) is 0 Å². The number of sulfonamides is 1. The first-order valence-corrected chi connectivity index (χ1v) is 12.9. The van der Waals surface area contributed by atoms with Crippen LogP contribution in [0.5, 0.6) is 5.75 Å². The lowest BCUT2D eigenvalue weighted by Crippen LogP contribution is -2.12. The number of ether oxygens (including phenoxy) is 1. The Morgan fingerprint density at radius 2 is 1.75 bits per heavy atom. The molecule has 2 aromatic carbocycles. The molecule has 0 fully saturated rings. The van der Waals surface area contributed by atoms with Gasteiger partial charge < -0.3 is 4.74 Å². The lowest BCUT2D eigenvalue weighted by Gasteiger charge is -2.04. The van der Waals surface area contributed by atoms with Gasteiger partial charge in [0.05, 0.1) is 24.6 Å². The van der Waals surface area contributed by atoms with Crippen LogP contribution in [0.25, 0.3) is 21.8 Å². The summed E-state index contributed by atoms with van der Waals surface area (Å²) >= 11 is 2.65. The Labute approximate surface area is 193 Å². The van der Waals surface area contributed by atoms with E-state index in [1.165, 1.54) is 22.7 Å². The highest BCUT2D eigenvalue weighted by molar-refractivity contribution is 7.92. The molecule has 0 bridgehead atoms. The van der Waals surface area contributed by atoms with Crippen LogP contribution in [-0.4, -0.2) is 37.7 Å². The maximum Gasteiger partial charge on any atom is 0.276 e. The van der Waals surface area contributed by atoms with Gasteiger partial charge in [-0.05, 0) is 24.3 Å². The molecule has 2 aromatic heterocycles. The highest BCUT2D eigenvalue weighted by atomic mass is 32.2. The van der Waals surface area contributed by atoms with Crippen molar-refractivity contribution >= 4 is 49.4 Å². The summed E-state index contributed by atoms with van der Waals surface area (Å²) in [6.07, 6.45) is 1.10. The number of carbonyl (C=O) groups is 1. The molecule has 0 saturated carbocycles. The van der Waals surface area contributed by atoms with Crippen LogP contribution >= 0.6 is 22.7 Å². The molecule has 11 heteroatoms. The summed E-state index contributed by atoms with van der Waals surface area (Å²) in [5.74, 6) is 0.340. The highest BCUT2D eigenvalue weighted by Crippen LogP contribution is 2.32. The standard InChI is InChI=1S/C21H18N4O4S3/c1-29-18-6-4-3-5-15(18)20-22-17(12-30-20)19(26)24-21-23-16(11-31-21)13-7-9-14(10-8-13)25-32(2,27)28/h3-12,25H,1-2H3,(H,23,24,26). The number of benzene rings is 2. The second-order valence-electron chi connectivity index (χ2n) is 6.68. The van der Waals surface area contributed by atoms with E-state index < -0.39 is 10.0 Å². The molecular weight excluding hydrogens is 468 g/mol. The van der Waals surface area contributed by atoms with Crippen LogP contribution in [0.3, 0.4) is 0 Å². The Bertz CT molecular complexity index is 1360. The lowest BCUT2D eigenvalue weighted by atomic mass is 10.1. The summed E-state index contributed by atoms with van der Waals surface area (Å²) < 4.78 is 30.4. The zero-order valence-corrected chi connectivity index (χ0v) is 19.5. The predicted molar refractivity (Wildman–Crippen MR) is 128 cm³/mol. The predicted octanol–water partition coefficient (Wildman–Crippen LogP) is 4.57. The molecule has 8 nitrogen and oxygen atoms in total. The number of thiazole rings is 2. The maximum atomic E-state index is 12.6. The normalized spacial score (nSPS) is 11.2. The number of amides is 1. The second kappa shape index (κ2) is 9.07. The Balaban J connectivity index is 1.46. The first-order chi connectivity index (χ1) is 15.3. The summed E-state index contributed by atoms with van der Waals surface area (Å²) in [4.78, 5) is 21.5. The summed E-state index contributed by atoms with van der Waals surface area (Å²) in [5.41, 5.74) is 3.06. The van der Waals surface area contributed by atoms with E-state index in [1.54, 1.807) is 36.8 Å². The first kappa shape index (κ1) is 21.9. The molecule has 1 amide bonds. The average molecular weight is 487 g/mol. The third kappa shape index (κ3) is 5.13. The van der Waals surface area contributed by atoms with Gasteiger partial charge in [0.1, 0.15) is 16.5 Å². The quantitative estimate of drug-likeness (QED) is 0.396. The highest BCUT2D eigenvalue weighted by Gasteiger charge is 2.16. The summed E-state index contributed by atoms with van der Waals surface area (Å²) in [7, 11) is -1.74. The van der Waals surface area contributed by atoms with E-state index in [0.717, 1.165) is 17.4 Å². The fourth-order valence-electron chi connectivity index (χ4n) is 2.87. The minimum absolute atomic E-state index is 0.295. The van der Waals surface area contributed by atoms with Gasteiger partial charge >= 0.3 is 0 Å². The first-order valence-electron chi connectivity index (χ1n) is 9.26. The van der Waals surface area contributed by atoms with Crippen molar-refractivity contribution in [1.82, 2.24) is 9.97 Å². The fourth-order valence-corrected chi connectivity index (χ4v) is 4.98. The number of rotatable bonds is 7. The van der Waals surface area contributed by atoms with E-state index in [1.807, 2.05) is 29.6 Å². The number of nitrogens with one attached hydrogen (secondary N) is 2. The molecule has 4 rings (SSSR count). The number of methoxy groups -OCH3 is 1. The molecule has 0 saturated heterocycles. The van der Waals surface area contributed by atoms with Crippen LogP contribution in [0.15, 0.2) is 59.3 Å². The van der Waals surface area contributed by atoms with Crippen molar-refractivity contribution in [2.45, 2.75) is 0 Å².